The third-order valence-corrected chi connectivity index (χ3v) is 11.2. The van der Waals surface area contributed by atoms with Gasteiger partial charge in [-0.05, 0) is 70.5 Å². The minimum absolute atomic E-state index is 0.0828. The molecule has 8 nitrogen and oxygen atoms in total. The Morgan fingerprint density at radius 1 is 0.600 bits per heavy atom. The van der Waals surface area contributed by atoms with Gasteiger partial charge < -0.3 is 38.3 Å². The van der Waals surface area contributed by atoms with E-state index in [1.54, 1.807) is 0 Å². The van der Waals surface area contributed by atoms with Gasteiger partial charge in [0.1, 0.15) is 36.3 Å². The lowest BCUT2D eigenvalue weighted by Crippen LogP contribution is -2.65. The molecule has 0 radical (unpaired) electrons. The molecular formula is C52H54O8. The van der Waals surface area contributed by atoms with E-state index >= 15 is 0 Å². The molecule has 2 fully saturated rings. The molecule has 310 valence electrons. The Morgan fingerprint density at radius 2 is 1.15 bits per heavy atom. The summed E-state index contributed by atoms with van der Waals surface area (Å²) >= 11 is 0. The molecule has 6 atom stereocenters. The molecular weight excluding hydrogens is 753 g/mol. The molecule has 0 aliphatic carbocycles. The maximum absolute atomic E-state index is 13.3. The number of hydrogen-bond acceptors (Lipinski definition) is 8. The van der Waals surface area contributed by atoms with Gasteiger partial charge in [-0.1, -0.05) is 146 Å². The minimum Gasteiger partial charge on any atom is -0.488 e. The van der Waals surface area contributed by atoms with Crippen LogP contribution in [0.25, 0.3) is 0 Å². The number of aryl methyl sites for hydroxylation is 1. The highest BCUT2D eigenvalue weighted by molar-refractivity contribution is 5.39. The van der Waals surface area contributed by atoms with Gasteiger partial charge in [0.25, 0.3) is 0 Å². The van der Waals surface area contributed by atoms with Crippen LogP contribution >= 0.6 is 0 Å². The average molecular weight is 807 g/mol. The van der Waals surface area contributed by atoms with Crippen LogP contribution in [-0.2, 0) is 67.1 Å². The van der Waals surface area contributed by atoms with E-state index in [0.29, 0.717) is 31.8 Å². The van der Waals surface area contributed by atoms with Crippen molar-refractivity contribution in [3.63, 3.8) is 0 Å². The molecule has 2 aliphatic rings. The second-order valence-corrected chi connectivity index (χ2v) is 15.7. The van der Waals surface area contributed by atoms with Gasteiger partial charge in [-0.3, -0.25) is 0 Å². The first kappa shape index (κ1) is 41.6. The first-order chi connectivity index (χ1) is 29.5. The van der Waals surface area contributed by atoms with Crippen molar-refractivity contribution < 1.29 is 38.3 Å². The van der Waals surface area contributed by atoms with E-state index in [4.69, 9.17) is 33.2 Å². The van der Waals surface area contributed by atoms with Gasteiger partial charge in [-0.25, -0.2) is 0 Å². The predicted octanol–water partition coefficient (Wildman–Crippen LogP) is 9.27. The predicted molar refractivity (Wildman–Crippen MR) is 230 cm³/mol. The highest BCUT2D eigenvalue weighted by Crippen LogP contribution is 2.42. The third-order valence-electron chi connectivity index (χ3n) is 11.2. The summed E-state index contributed by atoms with van der Waals surface area (Å²) < 4.78 is 45.6. The van der Waals surface area contributed by atoms with Gasteiger partial charge >= 0.3 is 0 Å². The highest BCUT2D eigenvalue weighted by atomic mass is 16.7. The lowest BCUT2D eigenvalue weighted by atomic mass is 9.85. The first-order valence-corrected chi connectivity index (χ1v) is 20.9. The summed E-state index contributed by atoms with van der Waals surface area (Å²) in [4.78, 5) is 0. The third kappa shape index (κ3) is 10.8. The second kappa shape index (κ2) is 20.4. The Morgan fingerprint density at radius 3 is 1.72 bits per heavy atom. The molecule has 0 bridgehead atoms. The summed E-state index contributed by atoms with van der Waals surface area (Å²) in [6, 6.07) is 54.2. The van der Waals surface area contributed by atoms with Crippen molar-refractivity contribution in [2.45, 2.75) is 82.5 Å². The van der Waals surface area contributed by atoms with Gasteiger partial charge in [-0.15, -0.1) is 0 Å². The van der Waals surface area contributed by atoms with Gasteiger partial charge in [0, 0.05) is 12.0 Å². The van der Waals surface area contributed by atoms with Gasteiger partial charge in [-0.2, -0.15) is 0 Å². The van der Waals surface area contributed by atoms with E-state index in [0.717, 1.165) is 57.7 Å². The molecule has 6 aromatic carbocycles. The van der Waals surface area contributed by atoms with Crippen LogP contribution in [0.3, 0.4) is 0 Å². The summed E-state index contributed by atoms with van der Waals surface area (Å²) in [5, 5.41) is 13.3. The summed E-state index contributed by atoms with van der Waals surface area (Å²) in [7, 11) is 0. The van der Waals surface area contributed by atoms with Crippen molar-refractivity contribution in [2.24, 2.45) is 0 Å². The zero-order valence-electron chi connectivity index (χ0n) is 34.1. The zero-order chi connectivity index (χ0) is 41.0. The SMILES string of the molecule is Cc1ccc([C@]2(O)O[C@H](COCc3ccccc3)[C@@H](OCc3ccccc3)[C@H](OCc3ccccc3)[C@H]2OCc2ccccc2)cc1Cc1ccc(OC2CCOC2)cc1. The van der Waals surface area contributed by atoms with Crippen molar-refractivity contribution >= 4 is 0 Å². The minimum atomic E-state index is -1.97. The summed E-state index contributed by atoms with van der Waals surface area (Å²) in [6.45, 7) is 4.71. The molecule has 2 aliphatic heterocycles. The van der Waals surface area contributed by atoms with Crippen molar-refractivity contribution in [1.82, 2.24) is 0 Å². The van der Waals surface area contributed by atoms with Gasteiger partial charge in [0.15, 0.2) is 0 Å². The zero-order valence-corrected chi connectivity index (χ0v) is 34.1. The van der Waals surface area contributed by atoms with E-state index in [9.17, 15) is 5.11 Å². The monoisotopic (exact) mass is 806 g/mol. The molecule has 8 rings (SSSR count). The molecule has 0 aromatic heterocycles. The lowest BCUT2D eigenvalue weighted by Gasteiger charge is -2.50. The number of ether oxygens (including phenoxy) is 7. The van der Waals surface area contributed by atoms with Crippen molar-refractivity contribution in [2.75, 3.05) is 19.8 Å². The average Bonchev–Trinajstić information content (AvgIpc) is 3.81. The largest absolute Gasteiger partial charge is 0.488 e. The van der Waals surface area contributed by atoms with Crippen molar-refractivity contribution in [3.05, 3.63) is 208 Å². The Bertz CT molecular complexity index is 2180. The fraction of sp³-hybridized carbons (Fsp3) is 0.308. The molecule has 0 amide bonds. The van der Waals surface area contributed by atoms with E-state index in [2.05, 4.69) is 19.1 Å². The van der Waals surface area contributed by atoms with Crippen molar-refractivity contribution in [1.29, 1.82) is 0 Å². The number of hydrogen-bond donors (Lipinski definition) is 1. The fourth-order valence-electron chi connectivity index (χ4n) is 7.87. The molecule has 1 N–H and O–H groups in total. The van der Waals surface area contributed by atoms with Crippen LogP contribution in [-0.4, -0.2) is 55.4 Å². The Hall–Kier alpha value is -5.16. The van der Waals surface area contributed by atoms with E-state index in [-0.39, 0.29) is 25.9 Å². The lowest BCUT2D eigenvalue weighted by molar-refractivity contribution is -0.378. The number of benzene rings is 6. The molecule has 1 unspecified atom stereocenters. The molecule has 0 saturated carbocycles. The smallest absolute Gasteiger partial charge is 0.222 e. The van der Waals surface area contributed by atoms with Crippen LogP contribution < -0.4 is 4.74 Å². The normalized spacial score (nSPS) is 22.7. The fourth-order valence-corrected chi connectivity index (χ4v) is 7.87. The topological polar surface area (TPSA) is 84.8 Å². The summed E-state index contributed by atoms with van der Waals surface area (Å²) in [5.41, 5.74) is 7.78. The maximum Gasteiger partial charge on any atom is 0.222 e. The second-order valence-electron chi connectivity index (χ2n) is 15.7. The maximum atomic E-state index is 13.3. The Kier molecular flexibility index (Phi) is 14.1. The van der Waals surface area contributed by atoms with Crippen LogP contribution in [0.15, 0.2) is 164 Å². The van der Waals surface area contributed by atoms with Crippen LogP contribution in [0.1, 0.15) is 50.9 Å². The quantitative estimate of drug-likeness (QED) is 0.0921. The van der Waals surface area contributed by atoms with E-state index < -0.39 is 30.2 Å². The van der Waals surface area contributed by atoms with Crippen molar-refractivity contribution in [3.8, 4) is 5.75 Å². The van der Waals surface area contributed by atoms with E-state index in [1.165, 1.54) is 0 Å². The van der Waals surface area contributed by atoms with E-state index in [1.807, 2.05) is 152 Å². The van der Waals surface area contributed by atoms with Crippen LogP contribution in [0.2, 0.25) is 0 Å². The van der Waals surface area contributed by atoms with Crippen LogP contribution in [0, 0.1) is 6.92 Å². The molecule has 60 heavy (non-hydrogen) atoms. The molecule has 2 heterocycles. The molecule has 0 spiro atoms. The van der Waals surface area contributed by atoms with Gasteiger partial charge in [0.2, 0.25) is 5.79 Å². The standard InChI is InChI=1S/C52H54O8/c1-38-22-25-45(31-44(38)30-39-23-26-46(27-24-39)59-47-28-29-54-36-47)52(53)51(58-35-43-20-12-5-13-21-43)50(57-34-42-18-10-4-11-19-42)49(56-33-41-16-8-3-9-17-41)48(60-52)37-55-32-40-14-6-2-7-15-40/h2-27,31,47-51,53H,28-30,32-37H2,1H3/t47?,48-,49-,50+,51-,52+/m1/s1. The Balaban J connectivity index is 1.15. The first-order valence-electron chi connectivity index (χ1n) is 20.9. The summed E-state index contributed by atoms with van der Waals surface area (Å²) in [6.07, 6.45) is -1.62. The van der Waals surface area contributed by atoms with Crippen LogP contribution in [0.5, 0.6) is 5.75 Å². The highest BCUT2D eigenvalue weighted by Gasteiger charge is 2.57. The number of aliphatic hydroxyl groups is 1. The Labute approximate surface area is 353 Å². The molecule has 6 aromatic rings. The summed E-state index contributed by atoms with van der Waals surface area (Å²) in [5.74, 6) is -1.14. The van der Waals surface area contributed by atoms with Crippen LogP contribution in [0.4, 0.5) is 0 Å². The number of rotatable bonds is 18. The molecule has 2 saturated heterocycles. The molecule has 8 heteroatoms. The van der Waals surface area contributed by atoms with Gasteiger partial charge in [0.05, 0.1) is 46.2 Å².